The fraction of sp³-hybridized carbons (Fsp3) is 0.400. The number of hydrogen-bond donors (Lipinski definition) is 0. The van der Waals surface area contributed by atoms with Gasteiger partial charge in [-0.25, -0.2) is 8.42 Å². The van der Waals surface area contributed by atoms with E-state index in [9.17, 15) is 8.42 Å². The zero-order chi connectivity index (χ0) is 12.8. The molecular formula is C10H12N4O2S2. The summed E-state index contributed by atoms with van der Waals surface area (Å²) in [7, 11) is -3.38. The molecule has 3 rings (SSSR count). The van der Waals surface area contributed by atoms with Crippen molar-refractivity contribution in [1.29, 1.82) is 0 Å². The van der Waals surface area contributed by atoms with Crippen LogP contribution in [0.4, 0.5) is 0 Å². The molecule has 0 saturated heterocycles. The van der Waals surface area contributed by atoms with Crippen LogP contribution in [-0.2, 0) is 23.1 Å². The minimum absolute atomic E-state index is 0.293. The zero-order valence-corrected chi connectivity index (χ0v) is 11.4. The van der Waals surface area contributed by atoms with Gasteiger partial charge in [-0.15, -0.1) is 21.5 Å². The minimum atomic E-state index is -3.38. The van der Waals surface area contributed by atoms with Gasteiger partial charge in [0.2, 0.25) is 0 Å². The van der Waals surface area contributed by atoms with Crippen LogP contribution < -0.4 is 0 Å². The second-order valence-corrected chi connectivity index (χ2v) is 7.20. The Morgan fingerprint density at radius 3 is 2.89 bits per heavy atom. The molecule has 2 aromatic rings. The molecule has 0 fully saturated rings. The summed E-state index contributed by atoms with van der Waals surface area (Å²) < 4.78 is 28.5. The molecule has 0 saturated carbocycles. The Morgan fingerprint density at radius 1 is 1.33 bits per heavy atom. The van der Waals surface area contributed by atoms with Gasteiger partial charge in [0.1, 0.15) is 15.9 Å². The van der Waals surface area contributed by atoms with Gasteiger partial charge in [0.25, 0.3) is 10.0 Å². The Balaban J connectivity index is 1.93. The van der Waals surface area contributed by atoms with Gasteiger partial charge >= 0.3 is 0 Å². The lowest BCUT2D eigenvalue weighted by Gasteiger charge is -2.26. The average molecular weight is 284 g/mol. The highest BCUT2D eigenvalue weighted by atomic mass is 32.2. The van der Waals surface area contributed by atoms with Gasteiger partial charge < -0.3 is 4.57 Å². The van der Waals surface area contributed by atoms with Crippen molar-refractivity contribution in [2.45, 2.75) is 24.2 Å². The molecule has 6 nitrogen and oxygen atoms in total. The Labute approximate surface area is 109 Å². The van der Waals surface area contributed by atoms with Crippen LogP contribution in [-0.4, -0.2) is 34.0 Å². The largest absolute Gasteiger partial charge is 0.313 e. The molecule has 18 heavy (non-hydrogen) atoms. The van der Waals surface area contributed by atoms with Gasteiger partial charge in [0.15, 0.2) is 0 Å². The summed E-state index contributed by atoms with van der Waals surface area (Å²) in [5, 5.41) is 9.75. The third-order valence-electron chi connectivity index (χ3n) is 2.99. The van der Waals surface area contributed by atoms with Crippen LogP contribution in [0, 0.1) is 6.92 Å². The summed E-state index contributed by atoms with van der Waals surface area (Å²) in [6, 6.07) is 3.37. The van der Waals surface area contributed by atoms with E-state index >= 15 is 0 Å². The van der Waals surface area contributed by atoms with Crippen molar-refractivity contribution in [2.24, 2.45) is 0 Å². The molecule has 0 bridgehead atoms. The highest BCUT2D eigenvalue weighted by Crippen LogP contribution is 2.24. The number of fused-ring (bicyclic) bond motifs is 1. The molecule has 0 N–H and O–H groups in total. The second-order valence-electron chi connectivity index (χ2n) is 4.09. The Morgan fingerprint density at radius 2 is 2.17 bits per heavy atom. The SMILES string of the molecule is Cc1nnc2n1CCN(S(=O)(=O)c1cccs1)C2. The molecular weight excluding hydrogens is 272 g/mol. The fourth-order valence-corrected chi connectivity index (χ4v) is 4.55. The lowest BCUT2D eigenvalue weighted by atomic mass is 10.4. The molecule has 3 heterocycles. The Hall–Kier alpha value is -1.25. The standard InChI is InChI=1S/C10H12N4O2S2/c1-8-11-12-9-7-13(4-5-14(8)9)18(15,16)10-3-2-6-17-10/h2-3,6H,4-5,7H2,1H3. The number of sulfonamides is 1. The van der Waals surface area contributed by atoms with Gasteiger partial charge in [-0.1, -0.05) is 6.07 Å². The van der Waals surface area contributed by atoms with Gasteiger partial charge in [-0.05, 0) is 18.4 Å². The number of aryl methyl sites for hydroxylation is 1. The van der Waals surface area contributed by atoms with Gasteiger partial charge in [0, 0.05) is 13.1 Å². The second kappa shape index (κ2) is 4.15. The summed E-state index contributed by atoms with van der Waals surface area (Å²) in [5.41, 5.74) is 0. The first-order valence-corrected chi connectivity index (χ1v) is 7.83. The van der Waals surface area contributed by atoms with Gasteiger partial charge in [-0.2, -0.15) is 4.31 Å². The van der Waals surface area contributed by atoms with Crippen LogP contribution >= 0.6 is 11.3 Å². The van der Waals surface area contributed by atoms with E-state index < -0.39 is 10.0 Å². The Bertz CT molecular complexity index is 660. The van der Waals surface area contributed by atoms with Crippen LogP contribution in [0.2, 0.25) is 0 Å². The molecule has 1 aliphatic rings. The molecule has 0 aromatic carbocycles. The van der Waals surface area contributed by atoms with Crippen LogP contribution in [0.5, 0.6) is 0 Å². The molecule has 0 spiro atoms. The van der Waals surface area contributed by atoms with Crippen molar-refractivity contribution in [2.75, 3.05) is 6.54 Å². The predicted octanol–water partition coefficient (Wildman–Crippen LogP) is 0.853. The molecule has 0 atom stereocenters. The highest BCUT2D eigenvalue weighted by molar-refractivity contribution is 7.91. The summed E-state index contributed by atoms with van der Waals surface area (Å²) in [4.78, 5) is 0. The maximum absolute atomic E-state index is 12.3. The molecule has 2 aromatic heterocycles. The average Bonchev–Trinajstić information content (AvgIpc) is 2.99. The van der Waals surface area contributed by atoms with Crippen molar-refractivity contribution in [3.63, 3.8) is 0 Å². The van der Waals surface area contributed by atoms with E-state index in [0.29, 0.717) is 29.7 Å². The summed E-state index contributed by atoms with van der Waals surface area (Å²) >= 11 is 1.24. The number of nitrogens with zero attached hydrogens (tertiary/aromatic N) is 4. The smallest absolute Gasteiger partial charge is 0.253 e. The molecule has 0 radical (unpaired) electrons. The number of rotatable bonds is 2. The first-order valence-electron chi connectivity index (χ1n) is 5.51. The van der Waals surface area contributed by atoms with Crippen LogP contribution in [0.15, 0.2) is 21.7 Å². The van der Waals surface area contributed by atoms with E-state index in [4.69, 9.17) is 0 Å². The quantitative estimate of drug-likeness (QED) is 0.820. The van der Waals surface area contributed by atoms with E-state index in [1.165, 1.54) is 15.6 Å². The van der Waals surface area contributed by atoms with E-state index in [0.717, 1.165) is 5.82 Å². The molecule has 96 valence electrons. The highest BCUT2D eigenvalue weighted by Gasteiger charge is 2.30. The number of thiophene rings is 1. The normalized spacial score (nSPS) is 16.7. The van der Waals surface area contributed by atoms with Crippen molar-refractivity contribution < 1.29 is 8.42 Å². The molecule has 0 aliphatic carbocycles. The third-order valence-corrected chi connectivity index (χ3v) is 6.21. The monoisotopic (exact) mass is 284 g/mol. The lowest BCUT2D eigenvalue weighted by molar-refractivity contribution is 0.334. The number of hydrogen-bond acceptors (Lipinski definition) is 5. The summed E-state index contributed by atoms with van der Waals surface area (Å²) in [6.07, 6.45) is 0. The summed E-state index contributed by atoms with van der Waals surface area (Å²) in [6.45, 7) is 3.24. The van der Waals surface area contributed by atoms with E-state index in [1.807, 2.05) is 11.5 Å². The van der Waals surface area contributed by atoms with E-state index in [1.54, 1.807) is 17.5 Å². The molecule has 0 unspecified atom stereocenters. The number of aromatic nitrogens is 3. The lowest BCUT2D eigenvalue weighted by Crippen LogP contribution is -2.38. The Kier molecular flexibility index (Phi) is 2.72. The maximum atomic E-state index is 12.3. The van der Waals surface area contributed by atoms with Crippen LogP contribution in [0.3, 0.4) is 0 Å². The topological polar surface area (TPSA) is 68.1 Å². The first-order chi connectivity index (χ1) is 8.59. The van der Waals surface area contributed by atoms with E-state index in [-0.39, 0.29) is 0 Å². The van der Waals surface area contributed by atoms with Gasteiger partial charge in [0.05, 0.1) is 6.54 Å². The van der Waals surface area contributed by atoms with Crippen molar-refractivity contribution >= 4 is 21.4 Å². The van der Waals surface area contributed by atoms with Crippen molar-refractivity contribution in [3.05, 3.63) is 29.2 Å². The predicted molar refractivity (Wildman–Crippen MR) is 66.7 cm³/mol. The fourth-order valence-electron chi connectivity index (χ4n) is 2.02. The molecule has 0 amide bonds. The summed E-state index contributed by atoms with van der Waals surface area (Å²) in [5.74, 6) is 1.54. The van der Waals surface area contributed by atoms with Crippen molar-refractivity contribution in [3.8, 4) is 0 Å². The minimum Gasteiger partial charge on any atom is -0.313 e. The zero-order valence-electron chi connectivity index (χ0n) is 9.78. The van der Waals surface area contributed by atoms with Crippen molar-refractivity contribution in [1.82, 2.24) is 19.1 Å². The van der Waals surface area contributed by atoms with E-state index in [2.05, 4.69) is 10.2 Å². The molecule has 1 aliphatic heterocycles. The maximum Gasteiger partial charge on any atom is 0.253 e. The molecule has 8 heteroatoms. The van der Waals surface area contributed by atoms with Crippen LogP contribution in [0.1, 0.15) is 11.6 Å². The third kappa shape index (κ3) is 1.76. The van der Waals surface area contributed by atoms with Gasteiger partial charge in [-0.3, -0.25) is 0 Å². The first kappa shape index (κ1) is 11.8. The van der Waals surface area contributed by atoms with Crippen LogP contribution in [0.25, 0.3) is 0 Å².